The lowest BCUT2D eigenvalue weighted by Crippen LogP contribution is -2.52. The first kappa shape index (κ1) is 24.3. The molecule has 0 aromatic carbocycles. The van der Waals surface area contributed by atoms with Gasteiger partial charge < -0.3 is 20.9 Å². The van der Waals surface area contributed by atoms with E-state index in [2.05, 4.69) is 21.4 Å². The maximum Gasteiger partial charge on any atom is 0.246 e. The quantitative estimate of drug-likeness (QED) is 0.473. The Morgan fingerprint density at radius 2 is 2.03 bits per heavy atom. The number of nitrogens with two attached hydrogens (primary N) is 1. The van der Waals surface area contributed by atoms with Gasteiger partial charge in [-0.05, 0) is 49.0 Å². The molecule has 1 fully saturated rings. The van der Waals surface area contributed by atoms with E-state index in [1.165, 1.54) is 5.57 Å². The zero-order chi connectivity index (χ0) is 25.1. The van der Waals surface area contributed by atoms with Crippen molar-refractivity contribution < 1.29 is 14.4 Å². The van der Waals surface area contributed by atoms with E-state index >= 15 is 0 Å². The van der Waals surface area contributed by atoms with Crippen LogP contribution in [0, 0.1) is 5.41 Å². The number of likely N-dealkylation sites (tertiary alicyclic amines) is 1. The van der Waals surface area contributed by atoms with Crippen LogP contribution >= 0.6 is 11.3 Å². The number of aromatic nitrogens is 2. The molecule has 0 radical (unpaired) electrons. The number of nitrogens with zero attached hydrogens (tertiary/aromatic N) is 4. The van der Waals surface area contributed by atoms with Crippen molar-refractivity contribution in [2.45, 2.75) is 32.1 Å². The summed E-state index contributed by atoms with van der Waals surface area (Å²) in [5, 5.41) is 6.04. The SMILES string of the molecule is NCC(=O)N1CCC2(CC1)Cc1cc(C=CC(=O)N3CC=C(Cc4nccs4)CC3)cnc1NC2=O. The Kier molecular flexibility index (Phi) is 6.97. The molecule has 0 aliphatic carbocycles. The topological polar surface area (TPSA) is 122 Å². The second kappa shape index (κ2) is 10.3. The minimum Gasteiger partial charge on any atom is -0.342 e. The zero-order valence-electron chi connectivity index (χ0n) is 20.1. The predicted molar refractivity (Wildman–Crippen MR) is 138 cm³/mol. The highest BCUT2D eigenvalue weighted by Gasteiger charge is 2.45. The Labute approximate surface area is 214 Å². The van der Waals surface area contributed by atoms with Crippen molar-refractivity contribution in [3.8, 4) is 0 Å². The molecular weight excluding hydrogens is 476 g/mol. The number of hydrogen-bond acceptors (Lipinski definition) is 7. The number of fused-ring (bicyclic) bond motifs is 1. The number of thiazole rings is 1. The molecule has 0 saturated carbocycles. The van der Waals surface area contributed by atoms with Gasteiger partial charge in [-0.15, -0.1) is 11.3 Å². The van der Waals surface area contributed by atoms with Crippen LogP contribution in [-0.4, -0.2) is 70.2 Å². The number of hydrogen-bond donors (Lipinski definition) is 2. The van der Waals surface area contributed by atoms with Gasteiger partial charge in [-0.3, -0.25) is 14.4 Å². The van der Waals surface area contributed by atoms with Gasteiger partial charge in [0.1, 0.15) is 5.82 Å². The third kappa shape index (κ3) is 5.10. The van der Waals surface area contributed by atoms with Gasteiger partial charge in [0.05, 0.1) is 17.0 Å². The average molecular weight is 507 g/mol. The number of amides is 3. The highest BCUT2D eigenvalue weighted by molar-refractivity contribution is 7.09. The zero-order valence-corrected chi connectivity index (χ0v) is 20.9. The first-order valence-corrected chi connectivity index (χ1v) is 13.2. The summed E-state index contributed by atoms with van der Waals surface area (Å²) in [6.07, 6.45) is 12.5. The van der Waals surface area contributed by atoms with E-state index in [1.807, 2.05) is 22.5 Å². The Hall–Kier alpha value is -3.37. The number of pyridine rings is 1. The number of carbonyl (C=O) groups is 3. The summed E-state index contributed by atoms with van der Waals surface area (Å²) in [5.74, 6) is 0.427. The van der Waals surface area contributed by atoms with Crippen molar-refractivity contribution in [1.29, 1.82) is 0 Å². The van der Waals surface area contributed by atoms with Gasteiger partial charge in [0.2, 0.25) is 17.7 Å². The summed E-state index contributed by atoms with van der Waals surface area (Å²) in [6.45, 7) is 2.33. The molecule has 36 heavy (non-hydrogen) atoms. The van der Waals surface area contributed by atoms with E-state index in [0.717, 1.165) is 29.0 Å². The first-order chi connectivity index (χ1) is 17.5. The van der Waals surface area contributed by atoms with Crippen molar-refractivity contribution in [2.75, 3.05) is 38.0 Å². The Bertz CT molecular complexity index is 1210. The molecule has 0 unspecified atom stereocenters. The van der Waals surface area contributed by atoms with Gasteiger partial charge in [0.25, 0.3) is 0 Å². The monoisotopic (exact) mass is 506 g/mol. The van der Waals surface area contributed by atoms with E-state index in [4.69, 9.17) is 5.73 Å². The largest absolute Gasteiger partial charge is 0.342 e. The molecule has 3 amide bonds. The first-order valence-electron chi connectivity index (χ1n) is 12.3. The van der Waals surface area contributed by atoms with Crippen LogP contribution in [0.15, 0.2) is 41.6 Å². The third-order valence-corrected chi connectivity index (χ3v) is 8.15. The third-order valence-electron chi connectivity index (χ3n) is 7.37. The van der Waals surface area contributed by atoms with E-state index in [1.54, 1.807) is 34.6 Å². The summed E-state index contributed by atoms with van der Waals surface area (Å²) in [4.78, 5) is 49.9. The van der Waals surface area contributed by atoms with Crippen LogP contribution in [0.25, 0.3) is 6.08 Å². The summed E-state index contributed by atoms with van der Waals surface area (Å²) >= 11 is 1.66. The maximum absolute atomic E-state index is 12.9. The number of nitrogens with one attached hydrogen (secondary N) is 1. The van der Waals surface area contributed by atoms with Crippen molar-refractivity contribution in [3.63, 3.8) is 0 Å². The van der Waals surface area contributed by atoms with Gasteiger partial charge in [-0.2, -0.15) is 0 Å². The fourth-order valence-corrected chi connectivity index (χ4v) is 5.82. The molecular formula is C26H30N6O3S. The molecule has 2 aromatic rings. The van der Waals surface area contributed by atoms with Crippen LogP contribution in [-0.2, 0) is 27.2 Å². The number of carbonyl (C=O) groups excluding carboxylic acids is 3. The van der Waals surface area contributed by atoms with Gasteiger partial charge in [0.15, 0.2) is 0 Å². The molecule has 5 rings (SSSR count). The fourth-order valence-electron chi connectivity index (χ4n) is 5.15. The molecule has 5 heterocycles. The highest BCUT2D eigenvalue weighted by Crippen LogP contribution is 2.41. The Balaban J connectivity index is 1.21. The van der Waals surface area contributed by atoms with Crippen LogP contribution in [0.1, 0.15) is 35.4 Å². The fraction of sp³-hybridized carbons (Fsp3) is 0.423. The van der Waals surface area contributed by atoms with Crippen LogP contribution in [0.2, 0.25) is 0 Å². The molecule has 1 saturated heterocycles. The van der Waals surface area contributed by atoms with Gasteiger partial charge >= 0.3 is 0 Å². The van der Waals surface area contributed by atoms with Gasteiger partial charge in [-0.1, -0.05) is 11.6 Å². The maximum atomic E-state index is 12.9. The summed E-state index contributed by atoms with van der Waals surface area (Å²) in [7, 11) is 0. The molecule has 188 valence electrons. The minimum atomic E-state index is -0.547. The number of anilines is 1. The van der Waals surface area contributed by atoms with Crippen molar-refractivity contribution in [2.24, 2.45) is 11.1 Å². The smallest absolute Gasteiger partial charge is 0.246 e. The molecule has 0 bridgehead atoms. The Morgan fingerprint density at radius 1 is 1.19 bits per heavy atom. The molecule has 2 aromatic heterocycles. The molecule has 10 heteroatoms. The van der Waals surface area contributed by atoms with Crippen LogP contribution in [0.3, 0.4) is 0 Å². The number of rotatable bonds is 5. The molecule has 3 aliphatic rings. The lowest BCUT2D eigenvalue weighted by Gasteiger charge is -2.43. The second-order valence-corrected chi connectivity index (χ2v) is 10.6. The van der Waals surface area contributed by atoms with E-state index in [-0.39, 0.29) is 24.3 Å². The van der Waals surface area contributed by atoms with Crippen LogP contribution in [0.4, 0.5) is 5.82 Å². The predicted octanol–water partition coefficient (Wildman–Crippen LogP) is 2.01. The normalized spacial score (nSPS) is 19.2. The summed E-state index contributed by atoms with van der Waals surface area (Å²) < 4.78 is 0. The van der Waals surface area contributed by atoms with Crippen LogP contribution < -0.4 is 11.1 Å². The molecule has 0 atom stereocenters. The van der Waals surface area contributed by atoms with Gasteiger partial charge in [0, 0.05) is 56.4 Å². The van der Waals surface area contributed by atoms with E-state index in [0.29, 0.717) is 51.3 Å². The summed E-state index contributed by atoms with van der Waals surface area (Å²) in [5.41, 5.74) is 8.04. The van der Waals surface area contributed by atoms with Crippen molar-refractivity contribution in [1.82, 2.24) is 19.8 Å². The molecule has 1 spiro atoms. The minimum absolute atomic E-state index is 0.0120. The molecule has 3 aliphatic heterocycles. The Morgan fingerprint density at radius 3 is 2.72 bits per heavy atom. The van der Waals surface area contributed by atoms with Crippen LogP contribution in [0.5, 0.6) is 0 Å². The number of piperidine rings is 1. The van der Waals surface area contributed by atoms with Crippen molar-refractivity contribution >= 4 is 41.0 Å². The second-order valence-electron chi connectivity index (χ2n) is 9.61. The standard InChI is InChI=1S/C26H30N6O3S/c27-16-23(34)32-10-5-26(6-11-32)15-20-13-19(17-29-24(20)30-25(26)35)1-2-22(33)31-8-3-18(4-9-31)14-21-28-7-12-36-21/h1-3,7,12-13,17H,4-6,8-11,14-16,27H2,(H,29,30,35). The highest BCUT2D eigenvalue weighted by atomic mass is 32.1. The van der Waals surface area contributed by atoms with Gasteiger partial charge in [-0.25, -0.2) is 9.97 Å². The lowest BCUT2D eigenvalue weighted by molar-refractivity contribution is -0.137. The molecule has 9 nitrogen and oxygen atoms in total. The summed E-state index contributed by atoms with van der Waals surface area (Å²) in [6, 6.07) is 1.99. The lowest BCUT2D eigenvalue weighted by atomic mass is 9.71. The average Bonchev–Trinajstić information content (AvgIpc) is 3.41. The van der Waals surface area contributed by atoms with Crippen molar-refractivity contribution in [3.05, 3.63) is 57.7 Å². The molecule has 3 N–H and O–H groups in total. The van der Waals surface area contributed by atoms with E-state index < -0.39 is 5.41 Å². The van der Waals surface area contributed by atoms with E-state index in [9.17, 15) is 14.4 Å².